The monoisotopic (exact) mass is 816 g/mol. The lowest BCUT2D eigenvalue weighted by molar-refractivity contribution is -0.131. The van der Waals surface area contributed by atoms with Gasteiger partial charge in [0.05, 0.1) is 39.6 Å². The number of fused-ring (bicyclic) bond motifs is 4. The van der Waals surface area contributed by atoms with Gasteiger partial charge in [-0.3, -0.25) is 24.1 Å². The molecule has 8 rings (SSSR count). The maximum absolute atomic E-state index is 14.7. The van der Waals surface area contributed by atoms with Gasteiger partial charge in [0, 0.05) is 21.1 Å². The predicted molar refractivity (Wildman–Crippen MR) is 197 cm³/mol. The molecule has 2 aliphatic carbocycles. The quantitative estimate of drug-likeness (QED) is 0.121. The number of ether oxygens (including phenoxy) is 1. The zero-order valence-corrected chi connectivity index (χ0v) is 30.2. The topological polar surface area (TPSA) is 104 Å². The molecule has 1 N–H and O–H groups in total. The maximum Gasteiger partial charge on any atom is 0.241 e. The summed E-state index contributed by atoms with van der Waals surface area (Å²) in [6.07, 6.45) is 2.32. The molecule has 0 radical (unpaired) electrons. The third-order valence-corrected chi connectivity index (χ3v) is 12.1. The van der Waals surface area contributed by atoms with Gasteiger partial charge >= 0.3 is 0 Å². The number of rotatable bonds is 6. The normalized spacial score (nSPS) is 26.9. The number of aromatic hydroxyl groups is 1. The fourth-order valence-corrected chi connectivity index (χ4v) is 9.21. The number of imide groups is 2. The highest BCUT2D eigenvalue weighted by Crippen LogP contribution is 2.64. The molecule has 4 amide bonds. The first-order chi connectivity index (χ1) is 24.5. The van der Waals surface area contributed by atoms with E-state index >= 15 is 0 Å². The fourth-order valence-electron chi connectivity index (χ4n) is 8.67. The zero-order chi connectivity index (χ0) is 35.8. The highest BCUT2D eigenvalue weighted by Gasteiger charge is 2.68. The Balaban J connectivity index is 1.22. The van der Waals surface area contributed by atoms with E-state index in [0.717, 1.165) is 25.7 Å². The second-order valence-corrected chi connectivity index (χ2v) is 15.4. The van der Waals surface area contributed by atoms with E-state index in [1.807, 2.05) is 48.5 Å². The average Bonchev–Trinajstić information content (AvgIpc) is 3.49. The van der Waals surface area contributed by atoms with E-state index in [1.165, 1.54) is 23.1 Å². The van der Waals surface area contributed by atoms with Gasteiger partial charge in [-0.2, -0.15) is 0 Å². The molecule has 4 aliphatic rings. The summed E-state index contributed by atoms with van der Waals surface area (Å²) in [6, 6.07) is 25.3. The Morgan fingerprint density at radius 1 is 0.882 bits per heavy atom. The van der Waals surface area contributed by atoms with Gasteiger partial charge in [0.2, 0.25) is 23.6 Å². The van der Waals surface area contributed by atoms with Gasteiger partial charge in [-0.1, -0.05) is 59.6 Å². The first-order valence-electron chi connectivity index (χ1n) is 16.7. The van der Waals surface area contributed by atoms with E-state index in [2.05, 4.69) is 22.6 Å². The van der Waals surface area contributed by atoms with Crippen molar-refractivity contribution >= 4 is 69.2 Å². The van der Waals surface area contributed by atoms with Gasteiger partial charge in [0.1, 0.15) is 23.9 Å². The molecule has 4 aromatic carbocycles. The summed E-state index contributed by atoms with van der Waals surface area (Å²) >= 11 is 8.27. The van der Waals surface area contributed by atoms with Crippen LogP contribution in [0.25, 0.3) is 0 Å². The van der Waals surface area contributed by atoms with Crippen LogP contribution in [0.5, 0.6) is 11.5 Å². The minimum Gasteiger partial charge on any atom is -0.508 e. The molecule has 2 saturated heterocycles. The molecule has 258 valence electrons. The molecular formula is C40H31ClFIN2O6. The Morgan fingerprint density at radius 3 is 2.31 bits per heavy atom. The van der Waals surface area contributed by atoms with Crippen LogP contribution < -0.4 is 14.5 Å². The van der Waals surface area contributed by atoms with Crippen molar-refractivity contribution in [1.29, 1.82) is 0 Å². The van der Waals surface area contributed by atoms with Crippen LogP contribution in [-0.2, 0) is 25.8 Å². The van der Waals surface area contributed by atoms with Crippen molar-refractivity contribution in [2.75, 3.05) is 9.80 Å². The summed E-state index contributed by atoms with van der Waals surface area (Å²) < 4.78 is 21.1. The van der Waals surface area contributed by atoms with Crippen LogP contribution in [0, 0.1) is 38.5 Å². The number of carbonyl (C=O) groups excluding carboxylic acids is 4. The Kier molecular flexibility index (Phi) is 8.29. The molecular weight excluding hydrogens is 786 g/mol. The molecule has 2 heterocycles. The summed E-state index contributed by atoms with van der Waals surface area (Å²) in [5, 5.41) is 11.4. The van der Waals surface area contributed by atoms with Crippen molar-refractivity contribution in [3.63, 3.8) is 0 Å². The number of hydrogen-bond donors (Lipinski definition) is 1. The van der Waals surface area contributed by atoms with E-state index in [-0.39, 0.29) is 47.7 Å². The molecule has 6 atom stereocenters. The lowest BCUT2D eigenvalue weighted by Crippen LogP contribution is -2.48. The number of benzene rings is 4. The second kappa shape index (κ2) is 12.6. The third-order valence-electron chi connectivity index (χ3n) is 11.1. The largest absolute Gasteiger partial charge is 0.508 e. The zero-order valence-electron chi connectivity index (χ0n) is 27.3. The first kappa shape index (κ1) is 33.6. The van der Waals surface area contributed by atoms with Crippen molar-refractivity contribution < 1.29 is 33.4 Å². The van der Waals surface area contributed by atoms with Gasteiger partial charge in [-0.15, -0.1) is 0 Å². The lowest BCUT2D eigenvalue weighted by Gasteiger charge is -2.49. The minimum atomic E-state index is -1.40. The third kappa shape index (κ3) is 5.28. The molecule has 0 spiro atoms. The van der Waals surface area contributed by atoms with Crippen LogP contribution in [0.4, 0.5) is 15.8 Å². The maximum atomic E-state index is 14.7. The number of phenolic OH excluding ortho intramolecular Hbond substituents is 1. The van der Waals surface area contributed by atoms with E-state index in [1.54, 1.807) is 31.2 Å². The number of halogens is 3. The lowest BCUT2D eigenvalue weighted by atomic mass is 9.51. The summed E-state index contributed by atoms with van der Waals surface area (Å²) in [5.41, 5.74) is 1.28. The molecule has 0 aromatic heterocycles. The SMILES string of the molecule is CC12C(=O)N(c3ccc(F)c(Cl)c3)C(=O)C1CC1C(=CCC3C(=O)N(c4ccc(I)cc4)C(=O)C31)C2c1ccc(OCc2ccccc2)cc1O. The first-order valence-corrected chi connectivity index (χ1v) is 18.1. The van der Waals surface area contributed by atoms with Crippen LogP contribution in [0.2, 0.25) is 5.02 Å². The highest BCUT2D eigenvalue weighted by atomic mass is 127. The van der Waals surface area contributed by atoms with Gasteiger partial charge in [0.15, 0.2) is 0 Å². The summed E-state index contributed by atoms with van der Waals surface area (Å²) in [5.74, 6) is -5.84. The van der Waals surface area contributed by atoms with Gasteiger partial charge in [-0.05, 0) is 102 Å². The van der Waals surface area contributed by atoms with E-state index in [4.69, 9.17) is 16.3 Å². The van der Waals surface area contributed by atoms with E-state index in [9.17, 15) is 28.7 Å². The minimum absolute atomic E-state index is 0.131. The average molecular weight is 817 g/mol. The van der Waals surface area contributed by atoms with Crippen LogP contribution >= 0.6 is 34.2 Å². The van der Waals surface area contributed by atoms with Crippen molar-refractivity contribution in [3.05, 3.63) is 128 Å². The van der Waals surface area contributed by atoms with Crippen LogP contribution in [0.1, 0.15) is 36.8 Å². The van der Waals surface area contributed by atoms with E-state index in [0.29, 0.717) is 17.0 Å². The van der Waals surface area contributed by atoms with E-state index < -0.39 is 52.6 Å². The van der Waals surface area contributed by atoms with Crippen LogP contribution in [-0.4, -0.2) is 28.7 Å². The molecule has 51 heavy (non-hydrogen) atoms. The Labute approximate surface area is 312 Å². The molecule has 11 heteroatoms. The number of amides is 4. The molecule has 2 aliphatic heterocycles. The fraction of sp³-hybridized carbons (Fsp3) is 0.250. The molecule has 0 bridgehead atoms. The van der Waals surface area contributed by atoms with Gasteiger partial charge in [0.25, 0.3) is 0 Å². The van der Waals surface area contributed by atoms with Gasteiger partial charge in [-0.25, -0.2) is 9.29 Å². The standard InChI is InChI=1S/C40H31ClFIN2O6/c1-40-30(37(48)45(39(40)50)24-11-16-32(42)31(41)17-24)19-29-26(14-15-28-34(29)38(49)44(36(28)47)23-9-7-22(43)8-10-23)35(40)27-13-12-25(18-33(27)46)51-20-21-5-3-2-4-6-21/h2-14,16-18,28-30,34-35,46H,15,19-20H2,1H3. The summed E-state index contributed by atoms with van der Waals surface area (Å²) in [4.78, 5) is 59.6. The smallest absolute Gasteiger partial charge is 0.241 e. The highest BCUT2D eigenvalue weighted by molar-refractivity contribution is 14.1. The molecule has 3 fully saturated rings. The Morgan fingerprint density at radius 2 is 1.61 bits per heavy atom. The van der Waals surface area contributed by atoms with Crippen LogP contribution in [0.3, 0.4) is 0 Å². The number of hydrogen-bond acceptors (Lipinski definition) is 6. The number of phenols is 1. The summed E-state index contributed by atoms with van der Waals surface area (Å²) in [6.45, 7) is 1.99. The van der Waals surface area contributed by atoms with Crippen molar-refractivity contribution in [2.45, 2.75) is 32.3 Å². The number of nitrogens with zero attached hydrogens (tertiary/aromatic N) is 2. The molecule has 8 nitrogen and oxygen atoms in total. The molecule has 1 saturated carbocycles. The second-order valence-electron chi connectivity index (χ2n) is 13.7. The number of carbonyl (C=O) groups is 4. The molecule has 6 unspecified atom stereocenters. The summed E-state index contributed by atoms with van der Waals surface area (Å²) in [7, 11) is 0. The van der Waals surface area contributed by atoms with Crippen molar-refractivity contribution in [1.82, 2.24) is 0 Å². The Bertz CT molecular complexity index is 2160. The van der Waals surface area contributed by atoms with Crippen molar-refractivity contribution in [2.24, 2.45) is 29.1 Å². The number of anilines is 2. The Hall–Kier alpha value is -4.55. The van der Waals surface area contributed by atoms with Crippen molar-refractivity contribution in [3.8, 4) is 11.5 Å². The molecule has 4 aromatic rings. The predicted octanol–water partition coefficient (Wildman–Crippen LogP) is 7.80. The van der Waals surface area contributed by atoms with Crippen LogP contribution in [0.15, 0.2) is 103 Å². The number of allylic oxidation sites excluding steroid dienone is 2. The van der Waals surface area contributed by atoms with Gasteiger partial charge < -0.3 is 9.84 Å².